The maximum Gasteiger partial charge on any atom is 0.303 e. The lowest BCUT2D eigenvalue weighted by Gasteiger charge is -2.07. The first kappa shape index (κ1) is 17.3. The van der Waals surface area contributed by atoms with E-state index >= 15 is 0 Å². The van der Waals surface area contributed by atoms with E-state index in [1.807, 2.05) is 0 Å². The van der Waals surface area contributed by atoms with E-state index in [2.05, 4.69) is 5.32 Å². The number of carbonyl (C=O) groups excluding carboxylic acids is 1. The highest BCUT2D eigenvalue weighted by molar-refractivity contribution is 6.30. The van der Waals surface area contributed by atoms with Crippen molar-refractivity contribution < 1.29 is 19.4 Å². The number of carboxylic acids is 1. The number of aliphatic carboxylic acids is 1. The minimum absolute atomic E-state index is 0.0271. The van der Waals surface area contributed by atoms with Crippen molar-refractivity contribution in [2.24, 2.45) is 0 Å². The molecule has 0 heterocycles. The summed E-state index contributed by atoms with van der Waals surface area (Å²) in [6, 6.07) is 6.81. The van der Waals surface area contributed by atoms with Crippen molar-refractivity contribution in [2.75, 3.05) is 13.2 Å². The molecular formula is C15H20ClNO4. The first-order chi connectivity index (χ1) is 10.1. The van der Waals surface area contributed by atoms with E-state index in [9.17, 15) is 9.59 Å². The fourth-order valence-electron chi connectivity index (χ4n) is 1.71. The van der Waals surface area contributed by atoms with Crippen molar-refractivity contribution in [1.29, 1.82) is 0 Å². The molecule has 116 valence electrons. The Hall–Kier alpha value is -1.75. The van der Waals surface area contributed by atoms with Crippen molar-refractivity contribution in [3.05, 3.63) is 29.3 Å². The third-order valence-electron chi connectivity index (χ3n) is 2.82. The molecule has 1 amide bonds. The van der Waals surface area contributed by atoms with Gasteiger partial charge >= 0.3 is 5.97 Å². The molecule has 0 bridgehead atoms. The van der Waals surface area contributed by atoms with Crippen LogP contribution in [0.2, 0.25) is 5.02 Å². The molecule has 0 saturated heterocycles. The molecule has 0 unspecified atom stereocenters. The molecule has 0 fully saturated rings. The van der Waals surface area contributed by atoms with Crippen LogP contribution in [-0.2, 0) is 9.59 Å². The predicted molar refractivity (Wildman–Crippen MR) is 80.7 cm³/mol. The molecule has 1 aromatic rings. The summed E-state index contributed by atoms with van der Waals surface area (Å²) < 4.78 is 5.31. The molecule has 0 aromatic heterocycles. The van der Waals surface area contributed by atoms with Crippen molar-refractivity contribution in [1.82, 2.24) is 5.32 Å². The van der Waals surface area contributed by atoms with Crippen LogP contribution in [0, 0.1) is 0 Å². The van der Waals surface area contributed by atoms with E-state index in [0.29, 0.717) is 23.7 Å². The van der Waals surface area contributed by atoms with Crippen LogP contribution in [0.4, 0.5) is 0 Å². The highest BCUT2D eigenvalue weighted by Crippen LogP contribution is 2.15. The second-order valence-corrected chi connectivity index (χ2v) is 5.09. The average Bonchev–Trinajstić information content (AvgIpc) is 2.45. The van der Waals surface area contributed by atoms with E-state index < -0.39 is 5.97 Å². The topological polar surface area (TPSA) is 75.6 Å². The van der Waals surface area contributed by atoms with Crippen molar-refractivity contribution in [2.45, 2.75) is 32.1 Å². The number of hydrogen-bond donors (Lipinski definition) is 2. The fraction of sp³-hybridized carbons (Fsp3) is 0.467. The summed E-state index contributed by atoms with van der Waals surface area (Å²) in [7, 11) is 0. The van der Waals surface area contributed by atoms with Gasteiger partial charge in [-0.05, 0) is 37.1 Å². The van der Waals surface area contributed by atoms with E-state index in [4.69, 9.17) is 21.4 Å². The van der Waals surface area contributed by atoms with Crippen molar-refractivity contribution >= 4 is 23.5 Å². The van der Waals surface area contributed by atoms with Crippen LogP contribution >= 0.6 is 11.6 Å². The third-order valence-corrected chi connectivity index (χ3v) is 3.08. The first-order valence-corrected chi connectivity index (χ1v) is 7.32. The molecule has 0 aliphatic heterocycles. The van der Waals surface area contributed by atoms with Crippen LogP contribution in [0.25, 0.3) is 0 Å². The quantitative estimate of drug-likeness (QED) is 0.651. The molecule has 21 heavy (non-hydrogen) atoms. The molecule has 0 saturated carbocycles. The van der Waals surface area contributed by atoms with Crippen LogP contribution in [0.5, 0.6) is 5.75 Å². The van der Waals surface area contributed by atoms with E-state index in [-0.39, 0.29) is 18.9 Å². The number of carbonyl (C=O) groups is 2. The lowest BCUT2D eigenvalue weighted by Crippen LogP contribution is -2.29. The standard InChI is InChI=1S/C15H20ClNO4/c16-12-6-8-13(9-7-12)21-11-14(18)17-10-4-2-1-3-5-15(19)20/h6-9H,1-5,10-11H2,(H,17,18)(H,19,20). The largest absolute Gasteiger partial charge is 0.484 e. The summed E-state index contributed by atoms with van der Waals surface area (Å²) in [5, 5.41) is 11.9. The van der Waals surface area contributed by atoms with Crippen molar-refractivity contribution in [3.8, 4) is 5.75 Å². The number of nitrogens with one attached hydrogen (secondary N) is 1. The molecule has 2 N–H and O–H groups in total. The molecule has 0 radical (unpaired) electrons. The molecule has 6 heteroatoms. The molecule has 0 atom stereocenters. The van der Waals surface area contributed by atoms with Crippen LogP contribution in [0.1, 0.15) is 32.1 Å². The van der Waals surface area contributed by atoms with Crippen LogP contribution in [0.15, 0.2) is 24.3 Å². The lowest BCUT2D eigenvalue weighted by atomic mass is 10.1. The second-order valence-electron chi connectivity index (χ2n) is 4.65. The summed E-state index contributed by atoms with van der Waals surface area (Å²) in [5.74, 6) is -0.332. The fourth-order valence-corrected chi connectivity index (χ4v) is 1.84. The van der Waals surface area contributed by atoms with Gasteiger partial charge in [-0.2, -0.15) is 0 Å². The Morgan fingerprint density at radius 3 is 2.43 bits per heavy atom. The molecule has 5 nitrogen and oxygen atoms in total. The maximum absolute atomic E-state index is 11.5. The van der Waals surface area contributed by atoms with Gasteiger partial charge in [-0.25, -0.2) is 0 Å². The number of hydrogen-bond acceptors (Lipinski definition) is 3. The van der Waals surface area contributed by atoms with E-state index in [0.717, 1.165) is 19.3 Å². The molecule has 1 rings (SSSR count). The Morgan fingerprint density at radius 2 is 1.76 bits per heavy atom. The Morgan fingerprint density at radius 1 is 1.10 bits per heavy atom. The minimum Gasteiger partial charge on any atom is -0.484 e. The van der Waals surface area contributed by atoms with Crippen LogP contribution in [-0.4, -0.2) is 30.1 Å². The highest BCUT2D eigenvalue weighted by atomic mass is 35.5. The van der Waals surface area contributed by atoms with Gasteiger partial charge in [-0.15, -0.1) is 0 Å². The Kier molecular flexibility index (Phi) is 8.28. The number of halogens is 1. The number of unbranched alkanes of at least 4 members (excludes halogenated alkanes) is 3. The average molecular weight is 314 g/mol. The van der Waals surface area contributed by atoms with Gasteiger partial charge in [-0.3, -0.25) is 9.59 Å². The van der Waals surface area contributed by atoms with Gasteiger partial charge in [-0.1, -0.05) is 24.4 Å². The van der Waals surface area contributed by atoms with E-state index in [1.165, 1.54) is 0 Å². The number of amides is 1. The lowest BCUT2D eigenvalue weighted by molar-refractivity contribution is -0.137. The predicted octanol–water partition coefficient (Wildman–Crippen LogP) is 2.87. The smallest absolute Gasteiger partial charge is 0.303 e. The summed E-state index contributed by atoms with van der Waals surface area (Å²) in [6.07, 6.45) is 3.51. The monoisotopic (exact) mass is 313 g/mol. The van der Waals surface area contributed by atoms with Crippen LogP contribution in [0.3, 0.4) is 0 Å². The van der Waals surface area contributed by atoms with Gasteiger partial charge in [0.25, 0.3) is 5.91 Å². The Bertz CT molecular complexity index is 447. The Labute approximate surface area is 129 Å². The number of ether oxygens (including phenoxy) is 1. The number of benzene rings is 1. The van der Waals surface area contributed by atoms with Gasteiger partial charge in [0, 0.05) is 18.0 Å². The molecule has 0 aliphatic carbocycles. The summed E-state index contributed by atoms with van der Waals surface area (Å²) in [4.78, 5) is 21.8. The number of rotatable bonds is 10. The summed E-state index contributed by atoms with van der Waals surface area (Å²) in [6.45, 7) is 0.552. The second kappa shape index (κ2) is 10.0. The van der Waals surface area contributed by atoms with Gasteiger partial charge in [0.2, 0.25) is 0 Å². The Balaban J connectivity index is 2.01. The first-order valence-electron chi connectivity index (χ1n) is 6.95. The number of carboxylic acid groups (broad SMARTS) is 1. The molecule has 0 aliphatic rings. The summed E-state index contributed by atoms with van der Waals surface area (Å²) in [5.41, 5.74) is 0. The molecular weight excluding hydrogens is 294 g/mol. The SMILES string of the molecule is O=C(O)CCCCCCNC(=O)COc1ccc(Cl)cc1. The van der Waals surface area contributed by atoms with E-state index in [1.54, 1.807) is 24.3 Å². The van der Waals surface area contributed by atoms with Crippen molar-refractivity contribution in [3.63, 3.8) is 0 Å². The molecule has 0 spiro atoms. The van der Waals surface area contributed by atoms with Gasteiger partial charge in [0.1, 0.15) is 5.75 Å². The summed E-state index contributed by atoms with van der Waals surface area (Å²) >= 11 is 5.74. The minimum atomic E-state index is -0.761. The molecule has 1 aromatic carbocycles. The van der Waals surface area contributed by atoms with Gasteiger partial charge < -0.3 is 15.2 Å². The van der Waals surface area contributed by atoms with Gasteiger partial charge in [0.05, 0.1) is 0 Å². The highest BCUT2D eigenvalue weighted by Gasteiger charge is 2.02. The normalized spacial score (nSPS) is 10.1. The zero-order chi connectivity index (χ0) is 15.5. The van der Waals surface area contributed by atoms with Gasteiger partial charge in [0.15, 0.2) is 6.61 Å². The third kappa shape index (κ3) is 8.92. The van der Waals surface area contributed by atoms with Crippen LogP contribution < -0.4 is 10.1 Å². The zero-order valence-corrected chi connectivity index (χ0v) is 12.6. The zero-order valence-electron chi connectivity index (χ0n) is 11.8. The maximum atomic E-state index is 11.5.